The number of nitrogens with one attached hydrogen (secondary N) is 1. The zero-order valence-corrected chi connectivity index (χ0v) is 9.05. The summed E-state index contributed by atoms with van der Waals surface area (Å²) in [4.78, 5) is 15.1. The number of aromatic amines is 1. The van der Waals surface area contributed by atoms with Gasteiger partial charge in [-0.05, 0) is 32.0 Å². The smallest absolute Gasteiger partial charge is 0.192 e. The maximum atomic E-state index is 11.9. The molecule has 2 rings (SSSR count). The average molecular weight is 203 g/mol. The number of methoxy groups -OCH3 is 1. The van der Waals surface area contributed by atoms with Crippen molar-refractivity contribution in [2.75, 3.05) is 7.11 Å². The molecule has 1 heterocycles. The lowest BCUT2D eigenvalue weighted by atomic mass is 10.1. The second-order valence-electron chi connectivity index (χ2n) is 3.62. The Kier molecular flexibility index (Phi) is 2.23. The van der Waals surface area contributed by atoms with E-state index < -0.39 is 0 Å². The van der Waals surface area contributed by atoms with Gasteiger partial charge < -0.3 is 9.72 Å². The molecule has 3 heteroatoms. The molecule has 0 aliphatic carbocycles. The Labute approximate surface area is 87.7 Å². The highest BCUT2D eigenvalue weighted by Gasteiger charge is 2.05. The standard InChI is InChI=1S/C12H13NO2/c1-7-8(2)13-11-5-4-9(15-3)6-10(11)12(7)14/h4-6H,1-3H3,(H,13,14). The minimum Gasteiger partial charge on any atom is -0.497 e. The number of rotatable bonds is 1. The monoisotopic (exact) mass is 203 g/mol. The van der Waals surface area contributed by atoms with Crippen molar-refractivity contribution in [3.63, 3.8) is 0 Å². The first-order valence-corrected chi connectivity index (χ1v) is 4.80. The SMILES string of the molecule is COc1ccc2[nH]c(C)c(C)c(=O)c2c1. The number of benzene rings is 1. The van der Waals surface area contributed by atoms with Crippen LogP contribution in [0.1, 0.15) is 11.3 Å². The fourth-order valence-electron chi connectivity index (χ4n) is 1.62. The second kappa shape index (κ2) is 3.42. The molecule has 0 amide bonds. The van der Waals surface area contributed by atoms with Gasteiger partial charge in [0.05, 0.1) is 7.11 Å². The third kappa shape index (κ3) is 1.50. The average Bonchev–Trinajstić information content (AvgIpc) is 2.26. The highest BCUT2D eigenvalue weighted by Crippen LogP contribution is 2.17. The zero-order valence-electron chi connectivity index (χ0n) is 9.05. The third-order valence-corrected chi connectivity index (χ3v) is 2.70. The normalized spacial score (nSPS) is 10.6. The highest BCUT2D eigenvalue weighted by atomic mass is 16.5. The number of ether oxygens (including phenoxy) is 1. The predicted molar refractivity (Wildman–Crippen MR) is 60.6 cm³/mol. The fourth-order valence-corrected chi connectivity index (χ4v) is 1.62. The van der Waals surface area contributed by atoms with E-state index in [2.05, 4.69) is 4.98 Å². The van der Waals surface area contributed by atoms with Crippen molar-refractivity contribution in [1.82, 2.24) is 4.98 Å². The molecule has 0 aliphatic heterocycles. The van der Waals surface area contributed by atoms with Gasteiger partial charge in [-0.3, -0.25) is 4.79 Å². The van der Waals surface area contributed by atoms with Crippen molar-refractivity contribution in [2.24, 2.45) is 0 Å². The van der Waals surface area contributed by atoms with Gasteiger partial charge in [-0.1, -0.05) is 0 Å². The van der Waals surface area contributed by atoms with Crippen molar-refractivity contribution in [3.8, 4) is 5.75 Å². The van der Waals surface area contributed by atoms with Crippen LogP contribution in [0.3, 0.4) is 0 Å². The van der Waals surface area contributed by atoms with Crippen LogP contribution in [0.2, 0.25) is 0 Å². The molecule has 0 fully saturated rings. The summed E-state index contributed by atoms with van der Waals surface area (Å²) in [6.07, 6.45) is 0. The van der Waals surface area contributed by atoms with Crippen molar-refractivity contribution in [1.29, 1.82) is 0 Å². The van der Waals surface area contributed by atoms with E-state index in [9.17, 15) is 4.79 Å². The molecule has 0 bridgehead atoms. The summed E-state index contributed by atoms with van der Waals surface area (Å²) in [5, 5.41) is 0.678. The molecule has 2 aromatic rings. The van der Waals surface area contributed by atoms with Crippen LogP contribution in [0.25, 0.3) is 10.9 Å². The molecular formula is C12H13NO2. The van der Waals surface area contributed by atoms with Gasteiger partial charge in [0.2, 0.25) is 0 Å². The fraction of sp³-hybridized carbons (Fsp3) is 0.250. The van der Waals surface area contributed by atoms with Crippen molar-refractivity contribution in [2.45, 2.75) is 13.8 Å². The minimum atomic E-state index is 0.0696. The van der Waals surface area contributed by atoms with E-state index >= 15 is 0 Å². The Morgan fingerprint density at radius 1 is 1.27 bits per heavy atom. The van der Waals surface area contributed by atoms with E-state index in [0.29, 0.717) is 11.1 Å². The molecule has 78 valence electrons. The quantitative estimate of drug-likeness (QED) is 0.771. The molecule has 0 saturated heterocycles. The van der Waals surface area contributed by atoms with E-state index in [-0.39, 0.29) is 5.43 Å². The van der Waals surface area contributed by atoms with Crippen LogP contribution in [-0.2, 0) is 0 Å². The third-order valence-electron chi connectivity index (χ3n) is 2.70. The summed E-state index contributed by atoms with van der Waals surface area (Å²) in [6.45, 7) is 3.73. The number of fused-ring (bicyclic) bond motifs is 1. The van der Waals surface area contributed by atoms with E-state index in [1.165, 1.54) is 0 Å². The molecule has 3 nitrogen and oxygen atoms in total. The molecule has 0 saturated carbocycles. The van der Waals surface area contributed by atoms with Gasteiger partial charge in [0.1, 0.15) is 5.75 Å². The number of pyridine rings is 1. The molecule has 1 N–H and O–H groups in total. The number of aryl methyl sites for hydroxylation is 1. The van der Waals surface area contributed by atoms with Crippen LogP contribution in [-0.4, -0.2) is 12.1 Å². The Bertz CT molecular complexity index is 570. The van der Waals surface area contributed by atoms with Gasteiger partial charge in [-0.15, -0.1) is 0 Å². The lowest BCUT2D eigenvalue weighted by molar-refractivity contribution is 0.415. The van der Waals surface area contributed by atoms with E-state index in [1.807, 2.05) is 26.0 Å². The number of hydrogen-bond donors (Lipinski definition) is 1. The second-order valence-corrected chi connectivity index (χ2v) is 3.62. The molecule has 1 aromatic heterocycles. The van der Waals surface area contributed by atoms with Crippen LogP contribution >= 0.6 is 0 Å². The summed E-state index contributed by atoms with van der Waals surface area (Å²) < 4.78 is 5.09. The van der Waals surface area contributed by atoms with Crippen molar-refractivity contribution in [3.05, 3.63) is 39.7 Å². The van der Waals surface area contributed by atoms with Crippen LogP contribution in [0.15, 0.2) is 23.0 Å². The molecule has 0 spiro atoms. The largest absolute Gasteiger partial charge is 0.497 e. The molecule has 0 aliphatic rings. The lowest BCUT2D eigenvalue weighted by Gasteiger charge is -2.05. The van der Waals surface area contributed by atoms with Crippen LogP contribution in [0.4, 0.5) is 0 Å². The molecule has 15 heavy (non-hydrogen) atoms. The van der Waals surface area contributed by atoms with E-state index in [0.717, 1.165) is 16.8 Å². The maximum Gasteiger partial charge on any atom is 0.192 e. The van der Waals surface area contributed by atoms with Gasteiger partial charge in [0.25, 0.3) is 0 Å². The molecule has 0 atom stereocenters. The topological polar surface area (TPSA) is 42.1 Å². The van der Waals surface area contributed by atoms with Gasteiger partial charge in [0, 0.05) is 22.2 Å². The van der Waals surface area contributed by atoms with Crippen molar-refractivity contribution < 1.29 is 4.74 Å². The van der Waals surface area contributed by atoms with Crippen molar-refractivity contribution >= 4 is 10.9 Å². The zero-order chi connectivity index (χ0) is 11.0. The maximum absolute atomic E-state index is 11.9. The summed E-state index contributed by atoms with van der Waals surface area (Å²) in [6, 6.07) is 5.47. The molecule has 1 aromatic carbocycles. The highest BCUT2D eigenvalue weighted by molar-refractivity contribution is 5.80. The van der Waals surface area contributed by atoms with Gasteiger partial charge in [0.15, 0.2) is 5.43 Å². The predicted octanol–water partition coefficient (Wildman–Crippen LogP) is 2.15. The molecular weight excluding hydrogens is 190 g/mol. The summed E-state index contributed by atoms with van der Waals surface area (Å²) in [7, 11) is 1.59. The van der Waals surface area contributed by atoms with Crippen LogP contribution in [0, 0.1) is 13.8 Å². The van der Waals surface area contributed by atoms with Crippen LogP contribution < -0.4 is 10.2 Å². The van der Waals surface area contributed by atoms with Crippen LogP contribution in [0.5, 0.6) is 5.75 Å². The summed E-state index contributed by atoms with van der Waals surface area (Å²) >= 11 is 0. The first kappa shape index (κ1) is 9.77. The van der Waals surface area contributed by atoms with E-state index in [4.69, 9.17) is 4.74 Å². The van der Waals surface area contributed by atoms with Gasteiger partial charge >= 0.3 is 0 Å². The first-order valence-electron chi connectivity index (χ1n) is 4.80. The first-order chi connectivity index (χ1) is 7.13. The number of H-pyrrole nitrogens is 1. The number of hydrogen-bond acceptors (Lipinski definition) is 2. The Balaban J connectivity index is 2.88. The Morgan fingerprint density at radius 3 is 2.67 bits per heavy atom. The Hall–Kier alpha value is -1.77. The van der Waals surface area contributed by atoms with E-state index in [1.54, 1.807) is 13.2 Å². The number of aromatic nitrogens is 1. The summed E-state index contributed by atoms with van der Waals surface area (Å²) in [5.74, 6) is 0.705. The lowest BCUT2D eigenvalue weighted by Crippen LogP contribution is -2.09. The summed E-state index contributed by atoms with van der Waals surface area (Å²) in [5.41, 5.74) is 2.59. The molecule has 0 unspecified atom stereocenters. The Morgan fingerprint density at radius 2 is 2.00 bits per heavy atom. The minimum absolute atomic E-state index is 0.0696. The van der Waals surface area contributed by atoms with Gasteiger partial charge in [-0.25, -0.2) is 0 Å². The molecule has 0 radical (unpaired) electrons. The van der Waals surface area contributed by atoms with Gasteiger partial charge in [-0.2, -0.15) is 0 Å².